The van der Waals surface area contributed by atoms with Crippen molar-refractivity contribution in [1.29, 1.82) is 0 Å². The van der Waals surface area contributed by atoms with E-state index in [1.165, 1.54) is 9.25 Å². The number of pyridine rings is 1. The summed E-state index contributed by atoms with van der Waals surface area (Å²) in [7, 11) is 0. The van der Waals surface area contributed by atoms with Crippen LogP contribution in [-0.2, 0) is 0 Å². The fourth-order valence-electron chi connectivity index (χ4n) is 3.77. The molecule has 5 rings (SSSR count). The highest BCUT2D eigenvalue weighted by Gasteiger charge is 2.20. The van der Waals surface area contributed by atoms with Crippen LogP contribution in [0.4, 0.5) is 11.6 Å². The lowest BCUT2D eigenvalue weighted by Gasteiger charge is -2.17. The third-order valence-corrected chi connectivity index (χ3v) is 5.60. The van der Waals surface area contributed by atoms with Gasteiger partial charge in [-0.2, -0.15) is 12.6 Å². The standard InChI is InChI=1S/C17H14ClNO2.C7H9N5O.CH4S/c1-11(20)15-10-12-6-5-9-14(18)16(12)17(21)19(15)13-7-3-2-4-8-13;8-5-4(6(9)13)7-10-2-1-3-12(7)11-5;1-2/h2-11,20H,1H3;1,3,10H,2H2,(H2,8,11)(H2,9,13);2H,1H3. The minimum absolute atomic E-state index is 0.154. The van der Waals surface area contributed by atoms with Crippen molar-refractivity contribution in [1.82, 2.24) is 14.3 Å². The molecule has 0 radical (unpaired) electrons. The number of carbonyl (C=O) groups is 1. The Bertz CT molecular complexity index is 1460. The fraction of sp³-hybridized carbons (Fsp3) is 0.160. The summed E-state index contributed by atoms with van der Waals surface area (Å²) >= 11 is 9.71. The molecule has 0 fully saturated rings. The number of nitrogens with one attached hydrogen (secondary N) is 1. The Kier molecular flexibility index (Phi) is 8.81. The SMILES string of the molecule is CC(O)c1cc2cccc(Cl)c2c(=O)n1-c1ccccc1.CS.NC(=O)c1c(N)nn2c1NCC=C2. The lowest BCUT2D eigenvalue weighted by atomic mass is 10.1. The van der Waals surface area contributed by atoms with Gasteiger partial charge >= 0.3 is 0 Å². The lowest BCUT2D eigenvalue weighted by Crippen LogP contribution is -2.23. The number of anilines is 2. The molecule has 1 atom stereocenters. The number of halogens is 1. The lowest BCUT2D eigenvalue weighted by molar-refractivity contribution is 0.100. The number of nitrogens with two attached hydrogens (primary N) is 2. The number of aliphatic hydroxyl groups excluding tert-OH is 1. The van der Waals surface area contributed by atoms with Crippen LogP contribution in [-0.4, -0.2) is 38.2 Å². The smallest absolute Gasteiger partial charge is 0.264 e. The number of thiol groups is 1. The van der Waals surface area contributed by atoms with Crippen LogP contribution in [0.25, 0.3) is 22.7 Å². The number of aliphatic hydroxyl groups is 1. The number of fused-ring (bicyclic) bond motifs is 2. The zero-order valence-corrected chi connectivity index (χ0v) is 21.4. The van der Waals surface area contributed by atoms with Gasteiger partial charge in [0, 0.05) is 18.4 Å². The highest BCUT2D eigenvalue weighted by molar-refractivity contribution is 7.79. The van der Waals surface area contributed by atoms with E-state index < -0.39 is 12.0 Å². The number of aromatic nitrogens is 3. The number of para-hydroxylation sites is 1. The number of amides is 1. The summed E-state index contributed by atoms with van der Waals surface area (Å²) in [5, 5.41) is 18.5. The summed E-state index contributed by atoms with van der Waals surface area (Å²) in [5.74, 6) is 0.149. The van der Waals surface area contributed by atoms with E-state index in [9.17, 15) is 14.7 Å². The molecule has 11 heteroatoms. The molecule has 4 aromatic rings. The van der Waals surface area contributed by atoms with Crippen LogP contribution in [0.3, 0.4) is 0 Å². The molecule has 9 nitrogen and oxygen atoms in total. The summed E-state index contributed by atoms with van der Waals surface area (Å²) in [4.78, 5) is 23.8. The van der Waals surface area contributed by atoms with E-state index in [0.29, 0.717) is 34.2 Å². The molecule has 2 aromatic carbocycles. The Morgan fingerprint density at radius 1 is 1.19 bits per heavy atom. The number of rotatable bonds is 3. The highest BCUT2D eigenvalue weighted by atomic mass is 35.5. The summed E-state index contributed by atoms with van der Waals surface area (Å²) in [6, 6.07) is 16.4. The van der Waals surface area contributed by atoms with Crippen LogP contribution in [0.1, 0.15) is 29.1 Å². The maximum Gasteiger partial charge on any atom is 0.264 e. The summed E-state index contributed by atoms with van der Waals surface area (Å²) in [6.45, 7) is 2.29. The summed E-state index contributed by atoms with van der Waals surface area (Å²) in [6.07, 6.45) is 4.53. The van der Waals surface area contributed by atoms with E-state index in [1.54, 1.807) is 37.6 Å². The van der Waals surface area contributed by atoms with Crippen LogP contribution >= 0.6 is 24.2 Å². The first-order chi connectivity index (χ1) is 17.3. The molecule has 0 bridgehead atoms. The predicted molar refractivity (Wildman–Crippen MR) is 149 cm³/mol. The van der Waals surface area contributed by atoms with Crippen LogP contribution in [0, 0.1) is 0 Å². The van der Waals surface area contributed by atoms with Gasteiger partial charge in [-0.1, -0.05) is 41.9 Å². The Hall–Kier alpha value is -3.73. The Labute approximate surface area is 218 Å². The third-order valence-electron chi connectivity index (χ3n) is 5.28. The van der Waals surface area contributed by atoms with Gasteiger partial charge in [0.25, 0.3) is 11.5 Å². The van der Waals surface area contributed by atoms with Crippen molar-refractivity contribution in [2.24, 2.45) is 5.73 Å². The van der Waals surface area contributed by atoms with Crippen molar-refractivity contribution >= 4 is 58.7 Å². The van der Waals surface area contributed by atoms with Crippen molar-refractivity contribution in [2.45, 2.75) is 13.0 Å². The van der Waals surface area contributed by atoms with E-state index in [1.807, 2.05) is 42.5 Å². The molecule has 36 heavy (non-hydrogen) atoms. The molecular weight excluding hydrogens is 500 g/mol. The molecule has 0 saturated carbocycles. The van der Waals surface area contributed by atoms with E-state index in [4.69, 9.17) is 23.1 Å². The predicted octanol–water partition coefficient (Wildman–Crippen LogP) is 3.70. The van der Waals surface area contributed by atoms with Gasteiger partial charge in [-0.3, -0.25) is 14.2 Å². The van der Waals surface area contributed by atoms with Crippen LogP contribution in [0.5, 0.6) is 0 Å². The number of benzene rings is 2. The number of nitrogen functional groups attached to an aromatic ring is 1. The second-order valence-electron chi connectivity index (χ2n) is 7.61. The average molecular weight is 527 g/mol. The summed E-state index contributed by atoms with van der Waals surface area (Å²) < 4.78 is 3.01. The first-order valence-electron chi connectivity index (χ1n) is 10.9. The van der Waals surface area contributed by atoms with E-state index in [-0.39, 0.29) is 16.9 Å². The van der Waals surface area contributed by atoms with Gasteiger partial charge in [0.2, 0.25) is 0 Å². The number of hydrogen-bond donors (Lipinski definition) is 5. The molecular formula is C25H27ClN6O3S. The van der Waals surface area contributed by atoms with Crippen LogP contribution in [0.15, 0.2) is 65.5 Å². The van der Waals surface area contributed by atoms with Gasteiger partial charge in [0.1, 0.15) is 11.4 Å². The Morgan fingerprint density at radius 3 is 2.53 bits per heavy atom. The van der Waals surface area contributed by atoms with Crippen LogP contribution in [0.2, 0.25) is 5.02 Å². The largest absolute Gasteiger partial charge is 0.387 e. The molecule has 1 amide bonds. The minimum Gasteiger partial charge on any atom is -0.387 e. The zero-order chi connectivity index (χ0) is 26.4. The molecule has 0 saturated heterocycles. The van der Waals surface area contributed by atoms with Gasteiger partial charge < -0.3 is 21.9 Å². The normalized spacial score (nSPS) is 12.4. The van der Waals surface area contributed by atoms with Gasteiger partial charge in [-0.25, -0.2) is 4.68 Å². The number of hydrogen-bond acceptors (Lipinski definition) is 7. The monoisotopic (exact) mass is 526 g/mol. The molecule has 2 aromatic heterocycles. The second-order valence-corrected chi connectivity index (χ2v) is 8.02. The molecule has 1 aliphatic heterocycles. The molecule has 188 valence electrons. The first-order valence-corrected chi connectivity index (χ1v) is 12.2. The quantitative estimate of drug-likeness (QED) is 0.258. The Balaban J connectivity index is 0.000000206. The molecule has 0 aliphatic carbocycles. The average Bonchev–Trinajstić information content (AvgIpc) is 3.22. The number of carbonyl (C=O) groups excluding carboxylic acids is 1. The van der Waals surface area contributed by atoms with Crippen LogP contribution < -0.4 is 22.3 Å². The first kappa shape index (κ1) is 26.9. The second kappa shape index (κ2) is 11.8. The maximum atomic E-state index is 12.8. The van der Waals surface area contributed by atoms with Crippen molar-refractivity contribution < 1.29 is 9.90 Å². The molecule has 3 heterocycles. The van der Waals surface area contributed by atoms with Gasteiger partial charge in [-0.15, -0.1) is 5.10 Å². The zero-order valence-electron chi connectivity index (χ0n) is 19.7. The van der Waals surface area contributed by atoms with E-state index >= 15 is 0 Å². The van der Waals surface area contributed by atoms with Crippen molar-refractivity contribution in [2.75, 3.05) is 23.9 Å². The molecule has 0 spiro atoms. The van der Waals surface area contributed by atoms with Crippen molar-refractivity contribution in [3.05, 3.63) is 87.3 Å². The van der Waals surface area contributed by atoms with Crippen molar-refractivity contribution in [3.63, 3.8) is 0 Å². The molecule has 6 N–H and O–H groups in total. The van der Waals surface area contributed by atoms with Crippen molar-refractivity contribution in [3.8, 4) is 5.69 Å². The van der Waals surface area contributed by atoms with E-state index in [2.05, 4.69) is 23.0 Å². The Morgan fingerprint density at radius 2 is 1.89 bits per heavy atom. The minimum atomic E-state index is -0.763. The third kappa shape index (κ3) is 5.40. The topological polar surface area (TPSA) is 141 Å². The number of nitrogens with zero attached hydrogens (tertiary/aromatic N) is 3. The molecule has 1 unspecified atom stereocenters. The summed E-state index contributed by atoms with van der Waals surface area (Å²) in [5.41, 5.74) is 11.9. The van der Waals surface area contributed by atoms with Gasteiger partial charge in [0.05, 0.1) is 22.2 Å². The maximum absolute atomic E-state index is 12.8. The number of primary amides is 1. The highest BCUT2D eigenvalue weighted by Crippen LogP contribution is 2.25. The van der Waals surface area contributed by atoms with E-state index in [0.717, 1.165) is 5.39 Å². The van der Waals surface area contributed by atoms with Gasteiger partial charge in [-0.05, 0) is 48.9 Å². The fourth-order valence-corrected chi connectivity index (χ4v) is 4.03. The van der Waals surface area contributed by atoms with Gasteiger partial charge in [0.15, 0.2) is 5.82 Å². The molecule has 1 aliphatic rings.